The molecule has 3 heterocycles. The molecule has 1 N–H and O–H groups in total. The average molecular weight is 542 g/mol. The maximum atomic E-state index is 12.0. The summed E-state index contributed by atoms with van der Waals surface area (Å²) < 4.78 is 5.71. The van der Waals surface area contributed by atoms with Crippen molar-refractivity contribution in [1.29, 1.82) is 0 Å². The summed E-state index contributed by atoms with van der Waals surface area (Å²) in [6.07, 6.45) is 8.83. The van der Waals surface area contributed by atoms with E-state index in [-0.39, 0.29) is 12.0 Å². The number of likely N-dealkylation sites (tertiary alicyclic amines) is 2. The number of carboxylic acid groups (broad SMARTS) is 1. The normalized spacial score (nSPS) is 24.3. The molecule has 6 heteroatoms. The van der Waals surface area contributed by atoms with Crippen molar-refractivity contribution in [1.82, 2.24) is 15.0 Å². The number of hydrogen-bond acceptors (Lipinski definition) is 5. The van der Waals surface area contributed by atoms with E-state index in [1.807, 2.05) is 6.07 Å². The zero-order valence-corrected chi connectivity index (χ0v) is 23.6. The van der Waals surface area contributed by atoms with Gasteiger partial charge in [0.2, 0.25) is 0 Å². The van der Waals surface area contributed by atoms with Crippen LogP contribution in [0.1, 0.15) is 85.8 Å². The Balaban J connectivity index is 1.10. The van der Waals surface area contributed by atoms with E-state index in [9.17, 15) is 9.90 Å². The molecule has 212 valence electrons. The van der Waals surface area contributed by atoms with Crippen LogP contribution < -0.4 is 0 Å². The quantitative estimate of drug-likeness (QED) is 0.341. The average Bonchev–Trinajstić information content (AvgIpc) is 3.63. The van der Waals surface area contributed by atoms with Gasteiger partial charge in [0.05, 0.1) is 12.1 Å². The number of benzene rings is 2. The highest BCUT2D eigenvalue weighted by molar-refractivity contribution is 5.68. The van der Waals surface area contributed by atoms with E-state index in [1.54, 1.807) is 0 Å². The summed E-state index contributed by atoms with van der Waals surface area (Å²) in [5, 5.41) is 14.3. The molecular formula is C34H43N3O3. The first-order valence-corrected chi connectivity index (χ1v) is 15.3. The van der Waals surface area contributed by atoms with Gasteiger partial charge in [-0.2, -0.15) is 0 Å². The highest BCUT2D eigenvalue weighted by atomic mass is 16.5. The molecule has 3 fully saturated rings. The van der Waals surface area contributed by atoms with Crippen LogP contribution in [0.4, 0.5) is 0 Å². The second-order valence-corrected chi connectivity index (χ2v) is 12.5. The number of aromatic nitrogens is 1. The lowest BCUT2D eigenvalue weighted by Crippen LogP contribution is -2.50. The van der Waals surface area contributed by atoms with Gasteiger partial charge in [0.25, 0.3) is 0 Å². The second-order valence-electron chi connectivity index (χ2n) is 12.5. The molecule has 1 aromatic heterocycles. The largest absolute Gasteiger partial charge is 0.481 e. The number of hydrogen-bond donors (Lipinski definition) is 1. The van der Waals surface area contributed by atoms with Gasteiger partial charge in [-0.05, 0) is 55.8 Å². The van der Waals surface area contributed by atoms with E-state index in [4.69, 9.17) is 4.52 Å². The van der Waals surface area contributed by atoms with Crippen LogP contribution in [-0.2, 0) is 11.2 Å². The Kier molecular flexibility index (Phi) is 8.35. The molecule has 2 atom stereocenters. The predicted octanol–water partition coefficient (Wildman–Crippen LogP) is 6.34. The summed E-state index contributed by atoms with van der Waals surface area (Å²) in [5.41, 5.74) is 3.58. The summed E-state index contributed by atoms with van der Waals surface area (Å²) in [6, 6.07) is 23.5. The van der Waals surface area contributed by atoms with Crippen molar-refractivity contribution in [2.24, 2.45) is 5.92 Å². The van der Waals surface area contributed by atoms with Gasteiger partial charge in [-0.15, -0.1) is 0 Å². The van der Waals surface area contributed by atoms with E-state index < -0.39 is 5.97 Å². The molecule has 6 rings (SSSR count). The number of nitrogens with zero attached hydrogens (tertiary/aromatic N) is 3. The fourth-order valence-corrected chi connectivity index (χ4v) is 7.76. The molecule has 40 heavy (non-hydrogen) atoms. The van der Waals surface area contributed by atoms with Gasteiger partial charge < -0.3 is 14.5 Å². The van der Waals surface area contributed by atoms with Crippen LogP contribution in [0.25, 0.3) is 0 Å². The third-order valence-corrected chi connectivity index (χ3v) is 9.90. The van der Waals surface area contributed by atoms with Gasteiger partial charge in [-0.3, -0.25) is 9.69 Å². The highest BCUT2D eigenvalue weighted by Gasteiger charge is 2.46. The summed E-state index contributed by atoms with van der Waals surface area (Å²) in [4.78, 5) is 17.2. The highest BCUT2D eigenvalue weighted by Crippen LogP contribution is 2.44. The third kappa shape index (κ3) is 6.18. The molecule has 3 aliphatic rings. The van der Waals surface area contributed by atoms with E-state index >= 15 is 0 Å². The number of piperidine rings is 1. The van der Waals surface area contributed by atoms with Crippen molar-refractivity contribution < 1.29 is 14.4 Å². The SMILES string of the molecule is O=C(O)CC1(N2CC(CN3CCC(c4cc(Cc5ccccc5)on4)CC3)C(c3ccccc3)C2)CCCCC1. The predicted molar refractivity (Wildman–Crippen MR) is 156 cm³/mol. The van der Waals surface area contributed by atoms with Crippen molar-refractivity contribution in [3.05, 3.63) is 89.3 Å². The smallest absolute Gasteiger partial charge is 0.305 e. The first-order valence-electron chi connectivity index (χ1n) is 15.3. The molecule has 2 aliphatic heterocycles. The Morgan fingerprint density at radius 3 is 2.35 bits per heavy atom. The number of rotatable bonds is 9. The lowest BCUT2D eigenvalue weighted by Gasteiger charge is -2.44. The Bertz CT molecular complexity index is 1230. The molecule has 0 spiro atoms. The monoisotopic (exact) mass is 541 g/mol. The lowest BCUT2D eigenvalue weighted by molar-refractivity contribution is -0.141. The fraction of sp³-hybridized carbons (Fsp3) is 0.529. The molecule has 6 nitrogen and oxygen atoms in total. The standard InChI is InChI=1S/C34H43N3O3/c38-33(39)22-34(16-8-3-9-17-34)37-24-29(31(25-37)27-12-6-2-7-13-27)23-36-18-14-28(15-19-36)32-21-30(40-35-32)20-26-10-4-1-5-11-26/h1-2,4-7,10-13,21,28-29,31H,3,8-9,14-20,22-25H2,(H,38,39). The van der Waals surface area contributed by atoms with Crippen molar-refractivity contribution in [3.63, 3.8) is 0 Å². The zero-order chi connectivity index (χ0) is 27.4. The van der Waals surface area contributed by atoms with Gasteiger partial charge >= 0.3 is 5.97 Å². The summed E-state index contributed by atoms with van der Waals surface area (Å²) in [6.45, 7) is 5.19. The van der Waals surface area contributed by atoms with Crippen LogP contribution >= 0.6 is 0 Å². The summed E-state index contributed by atoms with van der Waals surface area (Å²) >= 11 is 0. The summed E-state index contributed by atoms with van der Waals surface area (Å²) in [5.74, 6) is 1.70. The molecular weight excluding hydrogens is 498 g/mol. The van der Waals surface area contributed by atoms with Crippen LogP contribution in [0.2, 0.25) is 0 Å². The fourth-order valence-electron chi connectivity index (χ4n) is 7.76. The first kappa shape index (κ1) is 27.2. The van der Waals surface area contributed by atoms with Crippen LogP contribution in [0.3, 0.4) is 0 Å². The van der Waals surface area contributed by atoms with Gasteiger partial charge in [-0.25, -0.2) is 0 Å². The molecule has 0 amide bonds. The Morgan fingerprint density at radius 2 is 1.65 bits per heavy atom. The van der Waals surface area contributed by atoms with E-state index in [2.05, 4.69) is 75.6 Å². The van der Waals surface area contributed by atoms with Crippen LogP contribution in [-0.4, -0.2) is 64.3 Å². The first-order chi connectivity index (χ1) is 19.6. The van der Waals surface area contributed by atoms with Gasteiger partial charge in [-0.1, -0.05) is 85.1 Å². The molecule has 0 bridgehead atoms. The number of carboxylic acids is 1. The van der Waals surface area contributed by atoms with Gasteiger partial charge in [0.1, 0.15) is 5.76 Å². The topological polar surface area (TPSA) is 69.8 Å². The number of carbonyl (C=O) groups is 1. The zero-order valence-electron chi connectivity index (χ0n) is 23.6. The minimum Gasteiger partial charge on any atom is -0.481 e. The molecule has 1 aliphatic carbocycles. The van der Waals surface area contributed by atoms with Crippen molar-refractivity contribution in [2.45, 2.75) is 75.2 Å². The summed E-state index contributed by atoms with van der Waals surface area (Å²) in [7, 11) is 0. The maximum Gasteiger partial charge on any atom is 0.305 e. The second kappa shape index (κ2) is 12.3. The Morgan fingerprint density at radius 1 is 0.950 bits per heavy atom. The molecule has 2 aromatic carbocycles. The van der Waals surface area contributed by atoms with E-state index in [1.165, 1.54) is 17.5 Å². The minimum absolute atomic E-state index is 0.177. The Hall–Kier alpha value is -2.96. The Labute approximate surface area is 238 Å². The maximum absolute atomic E-state index is 12.0. The van der Waals surface area contributed by atoms with E-state index in [0.717, 1.165) is 89.1 Å². The molecule has 2 unspecified atom stereocenters. The number of aliphatic carboxylic acids is 1. The van der Waals surface area contributed by atoms with Gasteiger partial charge in [0, 0.05) is 49.5 Å². The van der Waals surface area contributed by atoms with E-state index in [0.29, 0.717) is 17.8 Å². The van der Waals surface area contributed by atoms with Crippen molar-refractivity contribution >= 4 is 5.97 Å². The third-order valence-electron chi connectivity index (χ3n) is 9.90. The van der Waals surface area contributed by atoms with Crippen LogP contribution in [0.15, 0.2) is 71.3 Å². The lowest BCUT2D eigenvalue weighted by atomic mass is 9.78. The minimum atomic E-state index is -0.650. The molecule has 0 radical (unpaired) electrons. The van der Waals surface area contributed by atoms with Gasteiger partial charge in [0.15, 0.2) is 0 Å². The van der Waals surface area contributed by atoms with Crippen molar-refractivity contribution in [2.75, 3.05) is 32.7 Å². The molecule has 2 saturated heterocycles. The molecule has 1 saturated carbocycles. The van der Waals surface area contributed by atoms with Crippen LogP contribution in [0.5, 0.6) is 0 Å². The molecule has 3 aromatic rings. The van der Waals surface area contributed by atoms with Crippen LogP contribution in [0, 0.1) is 5.92 Å². The van der Waals surface area contributed by atoms with Crippen molar-refractivity contribution in [3.8, 4) is 0 Å².